The normalized spacial score (nSPS) is 17.4. The van der Waals surface area contributed by atoms with Gasteiger partial charge in [-0.25, -0.2) is 0 Å². The van der Waals surface area contributed by atoms with Crippen molar-refractivity contribution in [2.24, 2.45) is 5.92 Å². The van der Waals surface area contributed by atoms with Gasteiger partial charge in [0, 0.05) is 48.8 Å². The molecule has 4 rings (SSSR count). The first-order chi connectivity index (χ1) is 16.0. The number of aryl methyl sites for hydroxylation is 2. The molecule has 0 radical (unpaired) electrons. The third kappa shape index (κ3) is 5.99. The SMILES string of the molecule is Cc1noc(C)c1CSc1ccccc1C(=O)N1CCN(C(=O)CCC2CCCCC2)CC1. The summed E-state index contributed by atoms with van der Waals surface area (Å²) in [6.07, 6.45) is 8.22. The Balaban J connectivity index is 1.30. The number of carbonyl (C=O) groups excluding carboxylic acids is 2. The highest BCUT2D eigenvalue weighted by atomic mass is 32.2. The van der Waals surface area contributed by atoms with E-state index in [1.165, 1.54) is 32.1 Å². The predicted molar refractivity (Wildman–Crippen MR) is 130 cm³/mol. The Morgan fingerprint density at radius 2 is 1.73 bits per heavy atom. The highest BCUT2D eigenvalue weighted by Gasteiger charge is 2.26. The first-order valence-electron chi connectivity index (χ1n) is 12.2. The van der Waals surface area contributed by atoms with E-state index in [2.05, 4.69) is 5.16 Å². The van der Waals surface area contributed by atoms with Crippen LogP contribution in [0.5, 0.6) is 0 Å². The van der Waals surface area contributed by atoms with Crippen LogP contribution in [0.1, 0.15) is 72.3 Å². The van der Waals surface area contributed by atoms with Gasteiger partial charge in [0.15, 0.2) is 0 Å². The Bertz CT molecular complexity index is 940. The van der Waals surface area contributed by atoms with Crippen molar-refractivity contribution in [1.29, 1.82) is 0 Å². The summed E-state index contributed by atoms with van der Waals surface area (Å²) in [6.45, 7) is 6.31. The molecule has 2 aliphatic rings. The molecular weight excluding hydrogens is 434 g/mol. The predicted octanol–water partition coefficient (Wildman–Crippen LogP) is 5.23. The largest absolute Gasteiger partial charge is 0.361 e. The van der Waals surface area contributed by atoms with Crippen LogP contribution in [-0.2, 0) is 10.5 Å². The summed E-state index contributed by atoms with van der Waals surface area (Å²) in [5.74, 6) is 2.57. The Labute approximate surface area is 201 Å². The molecule has 0 N–H and O–H groups in total. The molecule has 2 amide bonds. The van der Waals surface area contributed by atoms with E-state index < -0.39 is 0 Å². The smallest absolute Gasteiger partial charge is 0.255 e. The molecule has 1 saturated heterocycles. The Kier molecular flexibility index (Phi) is 8.12. The molecule has 0 bridgehead atoms. The van der Waals surface area contributed by atoms with Crippen molar-refractivity contribution in [3.63, 3.8) is 0 Å². The average Bonchev–Trinajstić information content (AvgIpc) is 3.18. The second-order valence-electron chi connectivity index (χ2n) is 9.30. The summed E-state index contributed by atoms with van der Waals surface area (Å²) in [4.78, 5) is 30.8. The number of nitrogens with zero attached hydrogens (tertiary/aromatic N) is 3. The first kappa shape index (κ1) is 23.9. The summed E-state index contributed by atoms with van der Waals surface area (Å²) >= 11 is 1.64. The second-order valence-corrected chi connectivity index (χ2v) is 10.3. The number of rotatable bonds is 7. The van der Waals surface area contributed by atoms with Crippen molar-refractivity contribution >= 4 is 23.6 Å². The maximum Gasteiger partial charge on any atom is 0.255 e. The molecule has 0 unspecified atom stereocenters. The summed E-state index contributed by atoms with van der Waals surface area (Å²) in [5.41, 5.74) is 2.71. The average molecular weight is 470 g/mol. The van der Waals surface area contributed by atoms with E-state index in [0.29, 0.717) is 38.4 Å². The quantitative estimate of drug-likeness (QED) is 0.520. The molecule has 1 saturated carbocycles. The molecule has 2 fully saturated rings. The van der Waals surface area contributed by atoms with Crippen molar-refractivity contribution in [2.45, 2.75) is 69.4 Å². The van der Waals surface area contributed by atoms with Crippen LogP contribution in [0.25, 0.3) is 0 Å². The minimum Gasteiger partial charge on any atom is -0.361 e. The summed E-state index contributed by atoms with van der Waals surface area (Å²) < 4.78 is 5.27. The first-order valence-corrected chi connectivity index (χ1v) is 13.2. The second kappa shape index (κ2) is 11.2. The van der Waals surface area contributed by atoms with Gasteiger partial charge in [0.05, 0.1) is 11.3 Å². The number of piperazine rings is 1. The van der Waals surface area contributed by atoms with Gasteiger partial charge in [-0.1, -0.05) is 49.4 Å². The standard InChI is InChI=1S/C26H35N3O3S/c1-19-23(20(2)32-27-19)18-33-24-11-7-6-10-22(24)26(31)29-16-14-28(15-17-29)25(30)13-12-21-8-4-3-5-9-21/h6-7,10-11,21H,3-5,8-9,12-18H2,1-2H3. The lowest BCUT2D eigenvalue weighted by Gasteiger charge is -2.35. The van der Waals surface area contributed by atoms with Crippen LogP contribution in [0.15, 0.2) is 33.7 Å². The van der Waals surface area contributed by atoms with E-state index in [1.54, 1.807) is 11.8 Å². The molecular formula is C26H35N3O3S. The zero-order valence-corrected chi connectivity index (χ0v) is 20.7. The molecule has 178 valence electrons. The topological polar surface area (TPSA) is 66.7 Å². The van der Waals surface area contributed by atoms with E-state index in [9.17, 15) is 9.59 Å². The van der Waals surface area contributed by atoms with Crippen LogP contribution in [0, 0.1) is 19.8 Å². The number of thioether (sulfide) groups is 1. The monoisotopic (exact) mass is 469 g/mol. The van der Waals surface area contributed by atoms with E-state index >= 15 is 0 Å². The van der Waals surface area contributed by atoms with Crippen LogP contribution in [0.2, 0.25) is 0 Å². The summed E-state index contributed by atoms with van der Waals surface area (Å²) in [5, 5.41) is 4.02. The fourth-order valence-electron chi connectivity index (χ4n) is 4.92. The zero-order valence-electron chi connectivity index (χ0n) is 19.8. The maximum atomic E-state index is 13.3. The molecule has 1 aliphatic heterocycles. The van der Waals surface area contributed by atoms with Crippen molar-refractivity contribution in [1.82, 2.24) is 15.0 Å². The molecule has 1 aliphatic carbocycles. The highest BCUT2D eigenvalue weighted by molar-refractivity contribution is 7.98. The Hall–Kier alpha value is -2.28. The fraction of sp³-hybridized carbons (Fsp3) is 0.577. The number of hydrogen-bond acceptors (Lipinski definition) is 5. The fourth-order valence-corrected chi connectivity index (χ4v) is 6.12. The van der Waals surface area contributed by atoms with Gasteiger partial charge >= 0.3 is 0 Å². The van der Waals surface area contributed by atoms with E-state index in [0.717, 1.165) is 39.8 Å². The number of amides is 2. The Morgan fingerprint density at radius 1 is 1.03 bits per heavy atom. The third-order valence-corrected chi connectivity index (χ3v) is 8.18. The maximum absolute atomic E-state index is 13.3. The number of aromatic nitrogens is 1. The number of carbonyl (C=O) groups is 2. The highest BCUT2D eigenvalue weighted by Crippen LogP contribution is 2.30. The van der Waals surface area contributed by atoms with Gasteiger partial charge < -0.3 is 14.3 Å². The van der Waals surface area contributed by atoms with E-state index in [-0.39, 0.29) is 11.8 Å². The minimum atomic E-state index is 0.0474. The van der Waals surface area contributed by atoms with Crippen LogP contribution in [0.4, 0.5) is 0 Å². The summed E-state index contributed by atoms with van der Waals surface area (Å²) in [7, 11) is 0. The van der Waals surface area contributed by atoms with Crippen LogP contribution in [0.3, 0.4) is 0 Å². The lowest BCUT2D eigenvalue weighted by molar-refractivity contribution is -0.133. The van der Waals surface area contributed by atoms with Crippen LogP contribution >= 0.6 is 11.8 Å². The molecule has 2 aromatic rings. The van der Waals surface area contributed by atoms with Crippen LogP contribution < -0.4 is 0 Å². The van der Waals surface area contributed by atoms with E-state index in [4.69, 9.17) is 4.52 Å². The third-order valence-electron chi connectivity index (χ3n) is 7.08. The lowest BCUT2D eigenvalue weighted by Crippen LogP contribution is -2.50. The van der Waals surface area contributed by atoms with Crippen molar-refractivity contribution in [2.75, 3.05) is 26.2 Å². The van der Waals surface area contributed by atoms with Gasteiger partial charge in [0.25, 0.3) is 5.91 Å². The molecule has 33 heavy (non-hydrogen) atoms. The molecule has 6 nitrogen and oxygen atoms in total. The van der Waals surface area contributed by atoms with Gasteiger partial charge in [-0.05, 0) is 38.3 Å². The lowest BCUT2D eigenvalue weighted by atomic mass is 9.86. The van der Waals surface area contributed by atoms with Crippen molar-refractivity contribution < 1.29 is 14.1 Å². The molecule has 0 spiro atoms. The van der Waals surface area contributed by atoms with E-state index in [1.807, 2.05) is 47.9 Å². The van der Waals surface area contributed by atoms with Gasteiger partial charge in [-0.2, -0.15) is 0 Å². The Morgan fingerprint density at radius 3 is 2.42 bits per heavy atom. The van der Waals surface area contributed by atoms with Gasteiger partial charge in [0.1, 0.15) is 5.76 Å². The summed E-state index contributed by atoms with van der Waals surface area (Å²) in [6, 6.07) is 7.79. The molecule has 2 heterocycles. The minimum absolute atomic E-state index is 0.0474. The molecule has 1 aromatic heterocycles. The van der Waals surface area contributed by atoms with Gasteiger partial charge in [-0.3, -0.25) is 9.59 Å². The number of benzene rings is 1. The van der Waals surface area contributed by atoms with Gasteiger partial charge in [0.2, 0.25) is 5.91 Å². The number of hydrogen-bond donors (Lipinski definition) is 0. The molecule has 1 aromatic carbocycles. The van der Waals surface area contributed by atoms with Crippen molar-refractivity contribution in [3.8, 4) is 0 Å². The van der Waals surface area contributed by atoms with Gasteiger partial charge in [-0.15, -0.1) is 11.8 Å². The zero-order chi connectivity index (χ0) is 23.2. The molecule has 7 heteroatoms. The molecule has 0 atom stereocenters. The van der Waals surface area contributed by atoms with Crippen LogP contribution in [-0.4, -0.2) is 52.9 Å². The van der Waals surface area contributed by atoms with Crippen molar-refractivity contribution in [3.05, 3.63) is 46.8 Å².